The van der Waals surface area contributed by atoms with E-state index in [1.165, 1.54) is 5.82 Å². The number of aryl methyl sites for hydroxylation is 1. The van der Waals surface area contributed by atoms with Crippen LogP contribution >= 0.6 is 0 Å². The number of hydrogen-bond acceptors (Lipinski definition) is 3. The largest absolute Gasteiger partial charge is 0.374 e. The van der Waals surface area contributed by atoms with Crippen molar-refractivity contribution in [2.75, 3.05) is 26.2 Å². The van der Waals surface area contributed by atoms with Gasteiger partial charge in [-0.25, -0.2) is 4.98 Å². The zero-order chi connectivity index (χ0) is 12.1. The normalized spacial score (nSPS) is 21.9. The van der Waals surface area contributed by atoms with Crippen molar-refractivity contribution in [1.82, 2.24) is 14.5 Å². The molecule has 0 bridgehead atoms. The van der Waals surface area contributed by atoms with Gasteiger partial charge in [0.1, 0.15) is 5.82 Å². The molecular weight excluding hydrogens is 214 g/mol. The maximum absolute atomic E-state index is 5.83. The second kappa shape index (κ2) is 6.17. The molecule has 0 amide bonds. The molecule has 0 aliphatic carbocycles. The van der Waals surface area contributed by atoms with Gasteiger partial charge in [0.2, 0.25) is 0 Å². The summed E-state index contributed by atoms with van der Waals surface area (Å²) >= 11 is 0. The molecule has 1 aromatic rings. The molecule has 1 fully saturated rings. The highest BCUT2D eigenvalue weighted by atomic mass is 16.5. The minimum atomic E-state index is 0.313. The number of rotatable bonds is 5. The van der Waals surface area contributed by atoms with Crippen LogP contribution in [0.15, 0.2) is 12.4 Å². The number of likely N-dealkylation sites (N-methyl/N-ethyl adjacent to an activating group) is 1. The van der Waals surface area contributed by atoms with Gasteiger partial charge in [-0.2, -0.15) is 0 Å². The Morgan fingerprint density at radius 3 is 3.12 bits per heavy atom. The molecule has 0 spiro atoms. The van der Waals surface area contributed by atoms with E-state index in [4.69, 9.17) is 4.74 Å². The lowest BCUT2D eigenvalue weighted by molar-refractivity contribution is -0.0346. The van der Waals surface area contributed by atoms with Crippen LogP contribution in [-0.2, 0) is 17.7 Å². The molecule has 1 saturated heterocycles. The number of aromatic nitrogens is 2. The first-order valence-corrected chi connectivity index (χ1v) is 6.67. The van der Waals surface area contributed by atoms with Gasteiger partial charge < -0.3 is 9.30 Å². The highest BCUT2D eigenvalue weighted by Crippen LogP contribution is 2.09. The molecule has 1 aromatic heterocycles. The third-order valence-corrected chi connectivity index (χ3v) is 3.35. The van der Waals surface area contributed by atoms with Gasteiger partial charge in [-0.1, -0.05) is 13.8 Å². The summed E-state index contributed by atoms with van der Waals surface area (Å²) in [6, 6.07) is 0. The molecule has 0 aromatic carbocycles. The first-order chi connectivity index (χ1) is 8.33. The monoisotopic (exact) mass is 237 g/mol. The second-order valence-corrected chi connectivity index (χ2v) is 4.63. The minimum Gasteiger partial charge on any atom is -0.374 e. The van der Waals surface area contributed by atoms with Gasteiger partial charge in [0.25, 0.3) is 0 Å². The molecule has 17 heavy (non-hydrogen) atoms. The Balaban J connectivity index is 1.93. The molecule has 1 atom stereocenters. The molecule has 96 valence electrons. The van der Waals surface area contributed by atoms with Crippen LogP contribution in [0.4, 0.5) is 0 Å². The summed E-state index contributed by atoms with van der Waals surface area (Å²) in [5.41, 5.74) is 0. The van der Waals surface area contributed by atoms with E-state index < -0.39 is 0 Å². The van der Waals surface area contributed by atoms with E-state index in [1.807, 2.05) is 6.20 Å². The Bertz CT molecular complexity index is 337. The van der Waals surface area contributed by atoms with Crippen LogP contribution in [-0.4, -0.2) is 46.8 Å². The number of morpholine rings is 1. The van der Waals surface area contributed by atoms with Gasteiger partial charge in [0.15, 0.2) is 0 Å². The summed E-state index contributed by atoms with van der Waals surface area (Å²) in [6.07, 6.45) is 6.47. The zero-order valence-corrected chi connectivity index (χ0v) is 10.9. The van der Waals surface area contributed by atoms with E-state index in [0.717, 1.165) is 45.6 Å². The van der Waals surface area contributed by atoms with Gasteiger partial charge in [0.05, 0.1) is 19.3 Å². The highest BCUT2D eigenvalue weighted by molar-refractivity contribution is 4.93. The van der Waals surface area contributed by atoms with E-state index >= 15 is 0 Å². The molecule has 0 saturated carbocycles. The molecule has 4 heteroatoms. The Morgan fingerprint density at radius 2 is 2.35 bits per heavy atom. The molecule has 1 aliphatic rings. The van der Waals surface area contributed by atoms with Gasteiger partial charge in [-0.15, -0.1) is 0 Å². The molecular formula is C13H23N3O. The van der Waals surface area contributed by atoms with Crippen LogP contribution in [0.25, 0.3) is 0 Å². The van der Waals surface area contributed by atoms with Crippen molar-refractivity contribution in [3.8, 4) is 0 Å². The highest BCUT2D eigenvalue weighted by Gasteiger charge is 2.20. The van der Waals surface area contributed by atoms with Crippen LogP contribution in [0.3, 0.4) is 0 Å². The molecule has 2 heterocycles. The van der Waals surface area contributed by atoms with Crippen LogP contribution in [0.2, 0.25) is 0 Å². The molecule has 1 aliphatic heterocycles. The fourth-order valence-corrected chi connectivity index (χ4v) is 2.36. The molecule has 4 nitrogen and oxygen atoms in total. The number of nitrogens with zero attached hydrogens (tertiary/aromatic N) is 3. The van der Waals surface area contributed by atoms with Gasteiger partial charge >= 0.3 is 0 Å². The van der Waals surface area contributed by atoms with E-state index in [2.05, 4.69) is 34.5 Å². The fourth-order valence-electron chi connectivity index (χ4n) is 2.36. The number of hydrogen-bond donors (Lipinski definition) is 0. The van der Waals surface area contributed by atoms with Crippen molar-refractivity contribution < 1.29 is 4.74 Å². The molecule has 2 rings (SSSR count). The quantitative estimate of drug-likeness (QED) is 0.778. The van der Waals surface area contributed by atoms with Crippen LogP contribution < -0.4 is 0 Å². The zero-order valence-electron chi connectivity index (χ0n) is 10.9. The fraction of sp³-hybridized carbons (Fsp3) is 0.769. The number of imidazole rings is 1. The SMILES string of the molecule is CCCc1nccn1CC1CN(CC)CCO1. The Morgan fingerprint density at radius 1 is 1.47 bits per heavy atom. The third kappa shape index (κ3) is 3.30. The van der Waals surface area contributed by atoms with Crippen molar-refractivity contribution in [1.29, 1.82) is 0 Å². The average Bonchev–Trinajstić information content (AvgIpc) is 2.78. The molecule has 0 N–H and O–H groups in total. The van der Waals surface area contributed by atoms with Gasteiger partial charge in [-0.3, -0.25) is 4.90 Å². The minimum absolute atomic E-state index is 0.313. The first-order valence-electron chi connectivity index (χ1n) is 6.67. The summed E-state index contributed by atoms with van der Waals surface area (Å²) in [6.45, 7) is 9.42. The van der Waals surface area contributed by atoms with Crippen LogP contribution in [0.5, 0.6) is 0 Å². The van der Waals surface area contributed by atoms with E-state index in [-0.39, 0.29) is 0 Å². The second-order valence-electron chi connectivity index (χ2n) is 4.63. The third-order valence-electron chi connectivity index (χ3n) is 3.35. The van der Waals surface area contributed by atoms with Crippen molar-refractivity contribution >= 4 is 0 Å². The molecule has 1 unspecified atom stereocenters. The van der Waals surface area contributed by atoms with Crippen LogP contribution in [0, 0.1) is 0 Å². The summed E-state index contributed by atoms with van der Waals surface area (Å²) in [5.74, 6) is 1.18. The van der Waals surface area contributed by atoms with Crippen molar-refractivity contribution in [2.24, 2.45) is 0 Å². The lowest BCUT2D eigenvalue weighted by Gasteiger charge is -2.32. The standard InChI is InChI=1S/C13H23N3O/c1-3-5-13-14-6-7-16(13)11-12-10-15(4-2)8-9-17-12/h6-7,12H,3-5,8-11H2,1-2H3. The summed E-state index contributed by atoms with van der Waals surface area (Å²) in [7, 11) is 0. The van der Waals surface area contributed by atoms with E-state index in [0.29, 0.717) is 6.10 Å². The summed E-state index contributed by atoms with van der Waals surface area (Å²) in [4.78, 5) is 6.85. The lowest BCUT2D eigenvalue weighted by atomic mass is 10.2. The van der Waals surface area contributed by atoms with Crippen molar-refractivity contribution in [2.45, 2.75) is 39.3 Å². The Labute approximate surface area is 104 Å². The summed E-state index contributed by atoms with van der Waals surface area (Å²) in [5, 5.41) is 0. The van der Waals surface area contributed by atoms with Crippen LogP contribution in [0.1, 0.15) is 26.1 Å². The smallest absolute Gasteiger partial charge is 0.108 e. The average molecular weight is 237 g/mol. The predicted molar refractivity (Wildman–Crippen MR) is 68.1 cm³/mol. The first kappa shape index (κ1) is 12.6. The maximum atomic E-state index is 5.83. The maximum Gasteiger partial charge on any atom is 0.108 e. The van der Waals surface area contributed by atoms with E-state index in [9.17, 15) is 0 Å². The molecule has 0 radical (unpaired) electrons. The Kier molecular flexibility index (Phi) is 4.57. The van der Waals surface area contributed by atoms with Gasteiger partial charge in [-0.05, 0) is 13.0 Å². The topological polar surface area (TPSA) is 30.3 Å². The number of ether oxygens (including phenoxy) is 1. The van der Waals surface area contributed by atoms with Crippen molar-refractivity contribution in [3.63, 3.8) is 0 Å². The van der Waals surface area contributed by atoms with Crippen molar-refractivity contribution in [3.05, 3.63) is 18.2 Å². The Hall–Kier alpha value is -0.870. The van der Waals surface area contributed by atoms with E-state index in [1.54, 1.807) is 0 Å². The lowest BCUT2D eigenvalue weighted by Crippen LogP contribution is -2.44. The summed E-state index contributed by atoms with van der Waals surface area (Å²) < 4.78 is 8.07. The predicted octanol–water partition coefficient (Wildman–Crippen LogP) is 1.56. The van der Waals surface area contributed by atoms with Gasteiger partial charge in [0, 0.05) is 31.9 Å².